The lowest BCUT2D eigenvalue weighted by Gasteiger charge is -2.30. The molecule has 1 saturated heterocycles. The summed E-state index contributed by atoms with van der Waals surface area (Å²) in [6, 6.07) is 33.2. The van der Waals surface area contributed by atoms with Crippen LogP contribution in [0.1, 0.15) is 38.7 Å². The summed E-state index contributed by atoms with van der Waals surface area (Å²) in [4.78, 5) is 21.8. The van der Waals surface area contributed by atoms with E-state index in [1.165, 1.54) is 11.1 Å². The molecule has 0 saturated carbocycles. The van der Waals surface area contributed by atoms with Crippen LogP contribution in [0.3, 0.4) is 0 Å². The maximum Gasteiger partial charge on any atom is 0.225 e. The Hall–Kier alpha value is -4.60. The molecule has 1 atom stereocenters. The van der Waals surface area contributed by atoms with Crippen LogP contribution in [-0.2, 0) is 17.7 Å². The molecule has 8 heteroatoms. The van der Waals surface area contributed by atoms with Crippen molar-refractivity contribution in [3.05, 3.63) is 143 Å². The van der Waals surface area contributed by atoms with Crippen LogP contribution in [0.4, 0.5) is 0 Å². The normalized spacial score (nSPS) is 14.3. The second-order valence-electron chi connectivity index (χ2n) is 11.8. The van der Waals surface area contributed by atoms with Crippen LogP contribution in [0.2, 0.25) is 0 Å². The third-order valence-electron chi connectivity index (χ3n) is 8.49. The Morgan fingerprint density at radius 2 is 1.53 bits per heavy atom. The van der Waals surface area contributed by atoms with Gasteiger partial charge in [-0.2, -0.15) is 0 Å². The van der Waals surface area contributed by atoms with Crippen molar-refractivity contribution in [1.29, 1.82) is 0 Å². The smallest absolute Gasteiger partial charge is 0.225 e. The minimum absolute atomic E-state index is 0.298. The number of Topliss-reactive ketones (excluding diaryl/α,β-unsaturated/α-hetero) is 1. The van der Waals surface area contributed by atoms with Gasteiger partial charge in [0.1, 0.15) is 24.7 Å². The third kappa shape index (κ3) is 9.24. The van der Waals surface area contributed by atoms with E-state index in [0.29, 0.717) is 23.6 Å². The molecule has 0 bridgehead atoms. The van der Waals surface area contributed by atoms with Crippen LogP contribution >= 0.6 is 0 Å². The number of carbonyl (C=O) groups is 1. The number of rotatable bonds is 15. The molecule has 0 amide bonds. The quantitative estimate of drug-likeness (QED) is 0.140. The molecule has 4 aromatic carbocycles. The summed E-state index contributed by atoms with van der Waals surface area (Å²) in [5.41, 5.74) is 5.61. The molecule has 5 aromatic rings. The van der Waals surface area contributed by atoms with Crippen molar-refractivity contribution in [3.8, 4) is 17.2 Å². The first-order chi connectivity index (χ1) is 23.1. The van der Waals surface area contributed by atoms with Gasteiger partial charge in [0.2, 0.25) is 5.89 Å². The summed E-state index contributed by atoms with van der Waals surface area (Å²) in [5, 5.41) is 10.7. The van der Waals surface area contributed by atoms with E-state index >= 15 is 0 Å². The minimum atomic E-state index is -1.19. The molecule has 1 aliphatic heterocycles. The van der Waals surface area contributed by atoms with Crippen LogP contribution in [0.15, 0.2) is 120 Å². The Morgan fingerprint density at radius 3 is 2.21 bits per heavy atom. The molecule has 0 spiro atoms. The van der Waals surface area contributed by atoms with Gasteiger partial charge in [-0.25, -0.2) is 4.98 Å². The number of ether oxygens (including phenoxy) is 2. The zero-order valence-corrected chi connectivity index (χ0v) is 26.5. The predicted octanol–water partition coefficient (Wildman–Crippen LogP) is 6.06. The Kier molecular flexibility index (Phi) is 11.2. The second-order valence-corrected chi connectivity index (χ2v) is 11.8. The summed E-state index contributed by atoms with van der Waals surface area (Å²) in [5.74, 6) is 1.18. The van der Waals surface area contributed by atoms with Gasteiger partial charge in [0.25, 0.3) is 0 Å². The first-order valence-electron chi connectivity index (χ1n) is 16.2. The summed E-state index contributed by atoms with van der Waals surface area (Å²) in [7, 11) is 0. The predicted molar refractivity (Wildman–Crippen MR) is 181 cm³/mol. The van der Waals surface area contributed by atoms with Gasteiger partial charge in [0.05, 0.1) is 19.4 Å². The molecule has 0 aliphatic carbocycles. The number of hydrogen-bond donors (Lipinski definition) is 1. The average Bonchev–Trinajstić information content (AvgIpc) is 3.67. The van der Waals surface area contributed by atoms with E-state index in [1.54, 1.807) is 36.7 Å². The summed E-state index contributed by atoms with van der Waals surface area (Å²) < 4.78 is 17.1. The Bertz CT molecular complexity index is 1650. The van der Waals surface area contributed by atoms with E-state index in [0.717, 1.165) is 75.8 Å². The van der Waals surface area contributed by atoms with Crippen LogP contribution in [-0.4, -0.2) is 78.2 Å². The maximum absolute atomic E-state index is 12.7. The highest BCUT2D eigenvalue weighted by molar-refractivity contribution is 5.99. The monoisotopic (exact) mass is 631 g/mol. The van der Waals surface area contributed by atoms with Crippen molar-refractivity contribution < 1.29 is 23.8 Å². The lowest BCUT2D eigenvalue weighted by Crippen LogP contribution is -2.42. The average molecular weight is 632 g/mol. The molecule has 242 valence electrons. The van der Waals surface area contributed by atoms with Gasteiger partial charge in [-0.05, 0) is 52.9 Å². The fourth-order valence-electron chi connectivity index (χ4n) is 5.72. The molecule has 8 nitrogen and oxygen atoms in total. The molecule has 1 aliphatic rings. The van der Waals surface area contributed by atoms with Gasteiger partial charge in [0.15, 0.2) is 5.78 Å². The van der Waals surface area contributed by atoms with Crippen LogP contribution in [0, 0.1) is 0 Å². The van der Waals surface area contributed by atoms with E-state index in [1.807, 2.05) is 54.6 Å². The second kappa shape index (κ2) is 16.3. The van der Waals surface area contributed by atoms with Gasteiger partial charge in [-0.15, -0.1) is 0 Å². The van der Waals surface area contributed by atoms with Crippen LogP contribution in [0.5, 0.6) is 5.75 Å². The number of oxazole rings is 1. The minimum Gasteiger partial charge on any atom is -0.492 e. The molecular formula is C39H41N3O5. The molecule has 47 heavy (non-hydrogen) atoms. The fourth-order valence-corrected chi connectivity index (χ4v) is 5.72. The third-order valence-corrected chi connectivity index (χ3v) is 8.49. The number of carbonyl (C=O) groups excluding carboxylic acids is 1. The summed E-state index contributed by atoms with van der Waals surface area (Å²) in [6.07, 6.45) is 2.88. The molecule has 1 N–H and O–H groups in total. The number of morpholine rings is 1. The molecule has 2 heterocycles. The number of benzene rings is 4. The largest absolute Gasteiger partial charge is 0.492 e. The summed E-state index contributed by atoms with van der Waals surface area (Å²) >= 11 is 0. The van der Waals surface area contributed by atoms with E-state index < -0.39 is 6.10 Å². The van der Waals surface area contributed by atoms with Crippen molar-refractivity contribution in [1.82, 2.24) is 14.8 Å². The van der Waals surface area contributed by atoms with Gasteiger partial charge in [0, 0.05) is 50.4 Å². The first-order valence-corrected chi connectivity index (χ1v) is 16.2. The zero-order valence-electron chi connectivity index (χ0n) is 26.5. The van der Waals surface area contributed by atoms with Crippen LogP contribution in [0.25, 0.3) is 11.5 Å². The maximum atomic E-state index is 12.7. The molecule has 6 rings (SSSR count). The number of aromatic nitrogens is 1. The van der Waals surface area contributed by atoms with Crippen LogP contribution < -0.4 is 4.74 Å². The highest BCUT2D eigenvalue weighted by atomic mass is 16.5. The van der Waals surface area contributed by atoms with Crippen molar-refractivity contribution >= 4 is 5.78 Å². The number of hydrogen-bond acceptors (Lipinski definition) is 8. The van der Waals surface area contributed by atoms with E-state index in [2.05, 4.69) is 39.0 Å². The van der Waals surface area contributed by atoms with Gasteiger partial charge < -0.3 is 19.0 Å². The number of ketones is 1. The highest BCUT2D eigenvalue weighted by Gasteiger charge is 2.19. The van der Waals surface area contributed by atoms with Crippen molar-refractivity contribution in [2.24, 2.45) is 0 Å². The summed E-state index contributed by atoms with van der Waals surface area (Å²) in [6.45, 7) is 7.37. The fraction of sp³-hybridized carbons (Fsp3) is 0.282. The van der Waals surface area contributed by atoms with Gasteiger partial charge >= 0.3 is 0 Å². The molecule has 0 radical (unpaired) electrons. The molecule has 1 unspecified atom stereocenters. The number of nitrogens with zero attached hydrogens (tertiary/aromatic N) is 3. The Labute approximate surface area is 276 Å². The lowest BCUT2D eigenvalue weighted by atomic mass is 9.99. The Morgan fingerprint density at radius 1 is 0.851 bits per heavy atom. The standard InChI is InChI=1S/C39H41N3O5/c43-37(33-4-2-1-3-5-33)38(44)34-12-8-32(9-13-34)29-42(20-19-41-21-25-45-26-22-41)23-27-46-36-16-10-31(11-17-36)28-30-6-14-35(15-7-30)39-40-18-24-47-39/h1-18,24,38,44H,19-23,25-29H2. The highest BCUT2D eigenvalue weighted by Crippen LogP contribution is 2.22. The van der Waals surface area contributed by atoms with Gasteiger partial charge in [-0.1, -0.05) is 78.9 Å². The zero-order chi connectivity index (χ0) is 32.3. The van der Waals surface area contributed by atoms with Crippen molar-refractivity contribution in [3.63, 3.8) is 0 Å². The topological polar surface area (TPSA) is 88.3 Å². The first kappa shape index (κ1) is 32.3. The Balaban J connectivity index is 1.02. The molecule has 1 aromatic heterocycles. The van der Waals surface area contributed by atoms with E-state index in [-0.39, 0.29) is 5.78 Å². The van der Waals surface area contributed by atoms with Crippen molar-refractivity contribution in [2.45, 2.75) is 19.1 Å². The van der Waals surface area contributed by atoms with E-state index in [4.69, 9.17) is 13.9 Å². The number of aliphatic hydroxyl groups is 1. The molecular weight excluding hydrogens is 590 g/mol. The van der Waals surface area contributed by atoms with Gasteiger partial charge in [-0.3, -0.25) is 14.6 Å². The molecule has 1 fully saturated rings. The van der Waals surface area contributed by atoms with E-state index in [9.17, 15) is 9.90 Å². The lowest BCUT2D eigenvalue weighted by molar-refractivity contribution is 0.0322. The number of aliphatic hydroxyl groups excluding tert-OH is 1. The van der Waals surface area contributed by atoms with Crippen molar-refractivity contribution in [2.75, 3.05) is 52.5 Å². The SMILES string of the molecule is O=C(c1ccccc1)C(O)c1ccc(CN(CCOc2ccc(Cc3ccc(-c4ncco4)cc3)cc2)CCN2CCOCC2)cc1.